The van der Waals surface area contributed by atoms with Crippen molar-refractivity contribution in [1.82, 2.24) is 0 Å². The van der Waals surface area contributed by atoms with Crippen molar-refractivity contribution in [2.45, 2.75) is 94.1 Å². The third kappa shape index (κ3) is 11.8. The molecule has 62 heavy (non-hydrogen) atoms. The van der Waals surface area contributed by atoms with Crippen LogP contribution in [0.1, 0.15) is 34.1 Å². The van der Waals surface area contributed by atoms with E-state index in [-0.39, 0.29) is 26.4 Å². The Morgan fingerprint density at radius 3 is 1.48 bits per heavy atom. The summed E-state index contributed by atoms with van der Waals surface area (Å²) in [6.45, 7) is 1.55. The molecule has 5 aromatic rings. The molecule has 12 heteroatoms. The molecule has 328 valence electrons. The molecule has 3 heterocycles. The first-order chi connectivity index (χ1) is 30.7. The molecule has 0 bridgehead atoms. The second-order valence-corrected chi connectivity index (χ2v) is 16.2. The second kappa shape index (κ2) is 23.1. The van der Waals surface area contributed by atoms with E-state index in [1.54, 1.807) is 18.9 Å². The molecule has 11 atom stereocenters. The third-order valence-corrected chi connectivity index (χ3v) is 11.5. The van der Waals surface area contributed by atoms with Crippen molar-refractivity contribution >= 4 is 11.8 Å². The van der Waals surface area contributed by atoms with E-state index < -0.39 is 67.7 Å². The Bertz CT molecular complexity index is 2000. The zero-order valence-corrected chi connectivity index (χ0v) is 35.9. The van der Waals surface area contributed by atoms with Gasteiger partial charge in [-0.3, -0.25) is 0 Å². The maximum atomic E-state index is 7.28. The minimum absolute atomic E-state index is 0.190. The van der Waals surface area contributed by atoms with Crippen molar-refractivity contribution in [3.63, 3.8) is 0 Å². The van der Waals surface area contributed by atoms with E-state index in [0.29, 0.717) is 19.2 Å². The van der Waals surface area contributed by atoms with Gasteiger partial charge in [0.25, 0.3) is 0 Å². The second-order valence-electron chi connectivity index (χ2n) is 15.4. The fourth-order valence-corrected chi connectivity index (χ4v) is 8.27. The number of benzene rings is 5. The van der Waals surface area contributed by atoms with Crippen LogP contribution in [-0.2, 0) is 78.5 Å². The van der Waals surface area contributed by atoms with Gasteiger partial charge in [-0.2, -0.15) is 0 Å². The number of thioether (sulfide) groups is 1. The molecule has 0 spiro atoms. The number of hydrogen-bond donors (Lipinski definition) is 0. The van der Waals surface area contributed by atoms with Crippen LogP contribution in [0.15, 0.2) is 152 Å². The van der Waals surface area contributed by atoms with Crippen LogP contribution >= 0.6 is 11.8 Å². The van der Waals surface area contributed by atoms with Gasteiger partial charge in [-0.25, -0.2) is 0 Å². The standard InChI is InChI=1S/C50H56O11S/c1-51-49-46(55-30-37-22-12-5-13-23-37)44(53-28-35-18-8-3-9-19-35)42(40(58-49)32-52-34-62-2)61-50-47(56-31-38-24-14-6-15-25-38)45(54-29-36-20-10-4-11-21-36)43-41(59-50)33-57-48(60-43)39-26-16-7-17-27-39/h3-27,40-50H,28-34H2,1-2H3/t40-,41-,42-,43+,44+,45+,46-,47-,48+,49-,50+/m1/s1. The largest absolute Gasteiger partial charge is 0.368 e. The van der Waals surface area contributed by atoms with Crippen LogP contribution in [0.3, 0.4) is 0 Å². The van der Waals surface area contributed by atoms with Crippen molar-refractivity contribution in [1.29, 1.82) is 0 Å². The van der Waals surface area contributed by atoms with Crippen molar-refractivity contribution < 1.29 is 52.1 Å². The number of hydrogen-bond acceptors (Lipinski definition) is 12. The molecule has 0 aromatic heterocycles. The third-order valence-electron chi connectivity index (χ3n) is 11.1. The predicted molar refractivity (Wildman–Crippen MR) is 234 cm³/mol. The molecule has 0 amide bonds. The molecule has 3 saturated heterocycles. The lowest BCUT2D eigenvalue weighted by Gasteiger charge is -2.51. The highest BCUT2D eigenvalue weighted by Crippen LogP contribution is 2.40. The summed E-state index contributed by atoms with van der Waals surface area (Å²) in [6, 6.07) is 50.0. The first-order valence-corrected chi connectivity index (χ1v) is 22.6. The highest BCUT2D eigenvalue weighted by Gasteiger charge is 2.56. The summed E-state index contributed by atoms with van der Waals surface area (Å²) in [6.07, 6.45) is -5.96. The average molecular weight is 865 g/mol. The summed E-state index contributed by atoms with van der Waals surface area (Å²) in [5.74, 6) is 0.451. The number of methoxy groups -OCH3 is 1. The summed E-state index contributed by atoms with van der Waals surface area (Å²) in [7, 11) is 1.61. The molecule has 3 aliphatic rings. The average Bonchev–Trinajstić information content (AvgIpc) is 3.33. The van der Waals surface area contributed by atoms with E-state index in [9.17, 15) is 0 Å². The van der Waals surface area contributed by atoms with E-state index in [1.807, 2.05) is 158 Å². The van der Waals surface area contributed by atoms with Gasteiger partial charge < -0.3 is 52.1 Å². The van der Waals surface area contributed by atoms with Gasteiger partial charge in [-0.1, -0.05) is 152 Å². The zero-order chi connectivity index (χ0) is 42.4. The number of ether oxygens (including phenoxy) is 11. The topological polar surface area (TPSA) is 102 Å². The molecule has 3 aliphatic heterocycles. The minimum Gasteiger partial charge on any atom is -0.368 e. The summed E-state index contributed by atoms with van der Waals surface area (Å²) in [5, 5.41) is 0. The molecular formula is C50H56O11S. The Hall–Kier alpha value is -3.99. The van der Waals surface area contributed by atoms with Crippen LogP contribution in [0.4, 0.5) is 0 Å². The van der Waals surface area contributed by atoms with E-state index in [2.05, 4.69) is 0 Å². The fraction of sp³-hybridized carbons (Fsp3) is 0.400. The van der Waals surface area contributed by atoms with Gasteiger partial charge in [0, 0.05) is 12.7 Å². The van der Waals surface area contributed by atoms with Crippen LogP contribution in [0.25, 0.3) is 0 Å². The van der Waals surface area contributed by atoms with Crippen LogP contribution in [-0.4, -0.2) is 93.9 Å². The fourth-order valence-electron chi connectivity index (χ4n) is 8.00. The smallest absolute Gasteiger partial charge is 0.187 e. The van der Waals surface area contributed by atoms with Gasteiger partial charge in [0.1, 0.15) is 48.8 Å². The van der Waals surface area contributed by atoms with E-state index >= 15 is 0 Å². The molecule has 3 fully saturated rings. The van der Waals surface area contributed by atoms with Gasteiger partial charge in [-0.05, 0) is 28.5 Å². The first-order valence-electron chi connectivity index (χ1n) is 21.2. The highest BCUT2D eigenvalue weighted by molar-refractivity contribution is 7.98. The lowest BCUT2D eigenvalue weighted by Crippen LogP contribution is -2.67. The first kappa shape index (κ1) is 44.6. The van der Waals surface area contributed by atoms with Crippen molar-refractivity contribution in [3.05, 3.63) is 179 Å². The number of rotatable bonds is 20. The highest BCUT2D eigenvalue weighted by atomic mass is 32.2. The Kier molecular flexibility index (Phi) is 16.6. The van der Waals surface area contributed by atoms with Crippen molar-refractivity contribution in [3.8, 4) is 0 Å². The predicted octanol–water partition coefficient (Wildman–Crippen LogP) is 8.26. The molecule has 0 unspecified atom stereocenters. The van der Waals surface area contributed by atoms with E-state index in [4.69, 9.17) is 52.1 Å². The summed E-state index contributed by atoms with van der Waals surface area (Å²) in [5.41, 5.74) is 4.87. The molecule has 0 radical (unpaired) electrons. The Labute approximate surface area is 368 Å². The molecule has 8 rings (SSSR count). The normalized spacial score (nSPS) is 28.6. The number of fused-ring (bicyclic) bond motifs is 1. The van der Waals surface area contributed by atoms with Crippen LogP contribution < -0.4 is 0 Å². The maximum absolute atomic E-state index is 7.28. The molecular weight excluding hydrogens is 809 g/mol. The van der Waals surface area contributed by atoms with Crippen LogP contribution in [0, 0.1) is 0 Å². The van der Waals surface area contributed by atoms with Gasteiger partial charge >= 0.3 is 0 Å². The summed E-state index contributed by atoms with van der Waals surface area (Å²) >= 11 is 1.57. The van der Waals surface area contributed by atoms with Crippen LogP contribution in [0.5, 0.6) is 0 Å². The van der Waals surface area contributed by atoms with E-state index in [1.165, 1.54) is 0 Å². The van der Waals surface area contributed by atoms with Crippen molar-refractivity contribution in [2.75, 3.05) is 32.5 Å². The Morgan fingerprint density at radius 1 is 0.516 bits per heavy atom. The quantitative estimate of drug-likeness (QED) is 0.0557. The Morgan fingerprint density at radius 2 is 0.984 bits per heavy atom. The SMILES string of the molecule is CO[C@@H]1O[C@H](COCSC)[C@@H](O[C@@H]2O[C@@H]3CO[C@H](c4ccccc4)O[C@@H]3[C@H](OCc3ccccc3)[C@H]2OCc2ccccc2)[C@H](OCc2ccccc2)[C@H]1OCc1ccccc1. The van der Waals surface area contributed by atoms with Gasteiger partial charge in [0.2, 0.25) is 0 Å². The lowest BCUT2D eigenvalue weighted by molar-refractivity contribution is -0.396. The van der Waals surface area contributed by atoms with Crippen LogP contribution in [0.2, 0.25) is 0 Å². The molecule has 5 aromatic carbocycles. The molecule has 11 nitrogen and oxygen atoms in total. The van der Waals surface area contributed by atoms with Gasteiger partial charge in [0.15, 0.2) is 18.9 Å². The van der Waals surface area contributed by atoms with Gasteiger partial charge in [-0.15, -0.1) is 11.8 Å². The lowest BCUT2D eigenvalue weighted by atomic mass is 9.95. The zero-order valence-electron chi connectivity index (χ0n) is 35.1. The maximum Gasteiger partial charge on any atom is 0.187 e. The molecule has 0 N–H and O–H groups in total. The van der Waals surface area contributed by atoms with Crippen molar-refractivity contribution in [2.24, 2.45) is 0 Å². The monoisotopic (exact) mass is 864 g/mol. The summed E-state index contributed by atoms with van der Waals surface area (Å²) in [4.78, 5) is 0. The Balaban J connectivity index is 1.15. The molecule has 0 aliphatic carbocycles. The molecule has 0 saturated carbocycles. The van der Waals surface area contributed by atoms with E-state index in [0.717, 1.165) is 27.8 Å². The summed E-state index contributed by atoms with van der Waals surface area (Å²) < 4.78 is 73.8. The minimum atomic E-state index is -1.01. The van der Waals surface area contributed by atoms with Gasteiger partial charge in [0.05, 0.1) is 45.6 Å².